The van der Waals surface area contributed by atoms with Gasteiger partial charge in [0.15, 0.2) is 0 Å². The van der Waals surface area contributed by atoms with Gasteiger partial charge in [-0.3, -0.25) is 4.79 Å². The zero-order valence-corrected chi connectivity index (χ0v) is 18.3. The molecular formula is C26H40O3. The molecule has 29 heavy (non-hydrogen) atoms. The SMILES string of the molecule is CC/C=C\C/C=C\C/C=C\C/C=C\C/C=C\C/C=C\CCC(=O)OC(CC)CO. The molecule has 0 aliphatic heterocycles. The van der Waals surface area contributed by atoms with Crippen molar-refractivity contribution in [3.63, 3.8) is 0 Å². The summed E-state index contributed by atoms with van der Waals surface area (Å²) in [6.45, 7) is 3.93. The van der Waals surface area contributed by atoms with Crippen molar-refractivity contribution < 1.29 is 14.6 Å². The highest BCUT2D eigenvalue weighted by Crippen LogP contribution is 2.02. The fourth-order valence-electron chi connectivity index (χ4n) is 2.34. The first-order chi connectivity index (χ1) is 14.2. The van der Waals surface area contributed by atoms with Gasteiger partial charge in [-0.25, -0.2) is 0 Å². The largest absolute Gasteiger partial charge is 0.460 e. The summed E-state index contributed by atoms with van der Waals surface area (Å²) in [6.07, 6.45) is 33.1. The number of allylic oxidation sites excluding steroid dienone is 12. The molecular weight excluding hydrogens is 360 g/mol. The normalized spacial score (nSPS) is 13.9. The summed E-state index contributed by atoms with van der Waals surface area (Å²) in [5.74, 6) is -0.245. The van der Waals surface area contributed by atoms with Gasteiger partial charge >= 0.3 is 5.97 Å². The fourth-order valence-corrected chi connectivity index (χ4v) is 2.34. The standard InChI is InChI=1S/C26H40O3/c1-3-5-6-7-8-9-10-11-12-13-14-15-16-17-18-19-20-21-22-23-26(28)29-25(4-2)24-27/h5-6,8-9,11-12,14-15,17-18,20-21,25,27H,3-4,7,10,13,16,19,22-24H2,1-2H3/b6-5-,9-8-,12-11-,15-14-,18-17-,21-20-. The Hall–Kier alpha value is -2.13. The molecule has 0 saturated heterocycles. The zero-order valence-electron chi connectivity index (χ0n) is 18.3. The predicted octanol–water partition coefficient (Wildman–Crippen LogP) is 6.78. The van der Waals surface area contributed by atoms with Gasteiger partial charge in [0, 0.05) is 6.42 Å². The van der Waals surface area contributed by atoms with Crippen molar-refractivity contribution in [2.45, 2.75) is 77.7 Å². The minimum Gasteiger partial charge on any atom is -0.460 e. The minimum absolute atomic E-state index is 0.109. The second-order valence-corrected chi connectivity index (χ2v) is 6.66. The molecule has 0 aromatic rings. The van der Waals surface area contributed by atoms with Crippen LogP contribution < -0.4 is 0 Å². The highest BCUT2D eigenvalue weighted by atomic mass is 16.5. The third kappa shape index (κ3) is 20.4. The number of hydrogen-bond acceptors (Lipinski definition) is 3. The Balaban J connectivity index is 3.63. The van der Waals surface area contributed by atoms with Crippen molar-refractivity contribution in [3.8, 4) is 0 Å². The summed E-state index contributed by atoms with van der Waals surface area (Å²) in [7, 11) is 0. The molecule has 162 valence electrons. The first-order valence-electron chi connectivity index (χ1n) is 10.9. The first kappa shape index (κ1) is 26.9. The van der Waals surface area contributed by atoms with E-state index >= 15 is 0 Å². The summed E-state index contributed by atoms with van der Waals surface area (Å²) in [5.41, 5.74) is 0. The zero-order chi connectivity index (χ0) is 21.4. The number of hydrogen-bond donors (Lipinski definition) is 1. The van der Waals surface area contributed by atoms with E-state index in [9.17, 15) is 4.79 Å². The first-order valence-corrected chi connectivity index (χ1v) is 10.9. The van der Waals surface area contributed by atoms with Crippen LogP contribution in [0, 0.1) is 0 Å². The second kappa shape index (κ2) is 22.2. The van der Waals surface area contributed by atoms with Crippen LogP contribution in [0.4, 0.5) is 0 Å². The molecule has 0 fully saturated rings. The summed E-state index contributed by atoms with van der Waals surface area (Å²) in [4.78, 5) is 11.6. The van der Waals surface area contributed by atoms with Gasteiger partial charge in [-0.05, 0) is 51.4 Å². The molecule has 0 amide bonds. The Kier molecular flexibility index (Phi) is 20.5. The Morgan fingerprint density at radius 2 is 1.14 bits per heavy atom. The van der Waals surface area contributed by atoms with E-state index in [1.807, 2.05) is 13.0 Å². The van der Waals surface area contributed by atoms with Crippen LogP contribution in [0.3, 0.4) is 0 Å². The van der Waals surface area contributed by atoms with Crippen molar-refractivity contribution >= 4 is 5.97 Å². The van der Waals surface area contributed by atoms with E-state index in [0.29, 0.717) is 19.3 Å². The number of esters is 1. The molecule has 0 aliphatic rings. The number of rotatable bonds is 17. The predicted molar refractivity (Wildman–Crippen MR) is 125 cm³/mol. The average molecular weight is 401 g/mol. The summed E-state index contributed by atoms with van der Waals surface area (Å²) < 4.78 is 5.13. The minimum atomic E-state index is -0.368. The van der Waals surface area contributed by atoms with Crippen LogP contribution in [0.2, 0.25) is 0 Å². The lowest BCUT2D eigenvalue weighted by Gasteiger charge is -2.12. The monoisotopic (exact) mass is 400 g/mol. The average Bonchev–Trinajstić information content (AvgIpc) is 2.73. The van der Waals surface area contributed by atoms with Crippen LogP contribution in [-0.2, 0) is 9.53 Å². The van der Waals surface area contributed by atoms with Crippen LogP contribution in [0.5, 0.6) is 0 Å². The molecule has 3 heteroatoms. The van der Waals surface area contributed by atoms with Crippen molar-refractivity contribution in [1.29, 1.82) is 0 Å². The van der Waals surface area contributed by atoms with Gasteiger partial charge in [0.05, 0.1) is 6.61 Å². The summed E-state index contributed by atoms with van der Waals surface area (Å²) >= 11 is 0. The molecule has 1 unspecified atom stereocenters. The van der Waals surface area contributed by atoms with Crippen LogP contribution in [0.1, 0.15) is 71.6 Å². The quantitative estimate of drug-likeness (QED) is 0.216. The second-order valence-electron chi connectivity index (χ2n) is 6.66. The van der Waals surface area contributed by atoms with Gasteiger partial charge in [-0.15, -0.1) is 0 Å². The van der Waals surface area contributed by atoms with Gasteiger partial charge < -0.3 is 9.84 Å². The fraction of sp³-hybridized carbons (Fsp3) is 0.500. The lowest BCUT2D eigenvalue weighted by molar-refractivity contribution is -0.151. The van der Waals surface area contributed by atoms with E-state index < -0.39 is 0 Å². The highest BCUT2D eigenvalue weighted by molar-refractivity contribution is 5.69. The molecule has 0 rings (SSSR count). The van der Waals surface area contributed by atoms with Crippen molar-refractivity contribution in [2.75, 3.05) is 6.61 Å². The smallest absolute Gasteiger partial charge is 0.306 e. The molecule has 1 atom stereocenters. The van der Waals surface area contributed by atoms with Crippen molar-refractivity contribution in [2.24, 2.45) is 0 Å². The van der Waals surface area contributed by atoms with Gasteiger partial charge in [-0.1, -0.05) is 86.8 Å². The van der Waals surface area contributed by atoms with Crippen LogP contribution in [0.15, 0.2) is 72.9 Å². The van der Waals surface area contributed by atoms with E-state index in [0.717, 1.165) is 38.5 Å². The number of aliphatic hydroxyl groups excluding tert-OH is 1. The van der Waals surface area contributed by atoms with Crippen molar-refractivity contribution in [3.05, 3.63) is 72.9 Å². The van der Waals surface area contributed by atoms with Crippen LogP contribution in [-0.4, -0.2) is 23.8 Å². The van der Waals surface area contributed by atoms with Gasteiger partial charge in [0.1, 0.15) is 6.10 Å². The molecule has 0 aliphatic carbocycles. The van der Waals surface area contributed by atoms with E-state index in [1.54, 1.807) is 0 Å². The molecule has 0 spiro atoms. The molecule has 0 saturated carbocycles. The summed E-state index contributed by atoms with van der Waals surface area (Å²) in [5, 5.41) is 9.00. The molecule has 3 nitrogen and oxygen atoms in total. The van der Waals surface area contributed by atoms with Gasteiger partial charge in [-0.2, -0.15) is 0 Å². The molecule has 0 radical (unpaired) electrons. The number of carbonyl (C=O) groups is 1. The Morgan fingerprint density at radius 3 is 1.52 bits per heavy atom. The third-order valence-corrected chi connectivity index (χ3v) is 4.07. The highest BCUT2D eigenvalue weighted by Gasteiger charge is 2.09. The van der Waals surface area contributed by atoms with E-state index in [1.165, 1.54) is 0 Å². The maximum atomic E-state index is 11.6. The molecule has 0 aromatic heterocycles. The Morgan fingerprint density at radius 1 is 0.724 bits per heavy atom. The van der Waals surface area contributed by atoms with Gasteiger partial charge in [0.2, 0.25) is 0 Å². The number of carbonyl (C=O) groups excluding carboxylic acids is 1. The molecule has 0 aromatic carbocycles. The van der Waals surface area contributed by atoms with E-state index in [4.69, 9.17) is 9.84 Å². The van der Waals surface area contributed by atoms with E-state index in [2.05, 4.69) is 73.8 Å². The lowest BCUT2D eigenvalue weighted by atomic mass is 10.2. The Bertz CT molecular complexity index is 546. The van der Waals surface area contributed by atoms with Crippen molar-refractivity contribution in [1.82, 2.24) is 0 Å². The Labute approximate surface area is 178 Å². The molecule has 0 heterocycles. The van der Waals surface area contributed by atoms with Crippen LogP contribution in [0.25, 0.3) is 0 Å². The number of aliphatic hydroxyl groups is 1. The topological polar surface area (TPSA) is 46.5 Å². The van der Waals surface area contributed by atoms with E-state index in [-0.39, 0.29) is 18.7 Å². The molecule has 0 bridgehead atoms. The molecule has 1 N–H and O–H groups in total. The van der Waals surface area contributed by atoms with Gasteiger partial charge in [0.25, 0.3) is 0 Å². The maximum absolute atomic E-state index is 11.6. The van der Waals surface area contributed by atoms with Crippen LogP contribution >= 0.6 is 0 Å². The maximum Gasteiger partial charge on any atom is 0.306 e. The lowest BCUT2D eigenvalue weighted by Crippen LogP contribution is -2.20. The third-order valence-electron chi connectivity index (χ3n) is 4.07. The summed E-state index contributed by atoms with van der Waals surface area (Å²) in [6, 6.07) is 0. The number of ether oxygens (including phenoxy) is 1.